The summed E-state index contributed by atoms with van der Waals surface area (Å²) in [5.74, 6) is 0.183. The Hall–Kier alpha value is -1.32. The van der Waals surface area contributed by atoms with Gasteiger partial charge < -0.3 is 4.90 Å². The minimum atomic E-state index is 0.183. The molecule has 0 atom stereocenters. The molecule has 2 aliphatic carbocycles. The summed E-state index contributed by atoms with van der Waals surface area (Å²) < 4.78 is 2.34. The molecule has 3 aliphatic rings. The van der Waals surface area contributed by atoms with Crippen molar-refractivity contribution in [2.45, 2.75) is 91.6 Å². The molecule has 134 valence electrons. The fourth-order valence-electron chi connectivity index (χ4n) is 4.82. The highest BCUT2D eigenvalue weighted by molar-refractivity contribution is 5.73. The fourth-order valence-corrected chi connectivity index (χ4v) is 4.82. The third kappa shape index (κ3) is 3.00. The maximum Gasteiger partial charge on any atom is 0.219 e. The molecule has 1 amide bonds. The van der Waals surface area contributed by atoms with Gasteiger partial charge in [-0.1, -0.05) is 20.3 Å². The van der Waals surface area contributed by atoms with Crippen molar-refractivity contribution in [2.24, 2.45) is 5.41 Å². The number of fused-ring (bicyclic) bond motifs is 1. The Bertz CT molecular complexity index is 590. The standard InChI is InChI=1S/C18H27N3O.C2H6/c1-13-16-12-20(14(2)22)11-6-17(16)21(19-13)15-4-9-18(10-5-15)7-3-8-18;1-2/h15H,3-12H2,1-2H3;1-2H3. The SMILES string of the molecule is CC.CC(=O)N1CCc2c(c(C)nn2C2CCC3(CCC3)CC2)C1. The maximum absolute atomic E-state index is 11.6. The van der Waals surface area contributed by atoms with Crippen LogP contribution in [0.1, 0.15) is 88.7 Å². The molecule has 0 aromatic carbocycles. The van der Waals surface area contributed by atoms with Gasteiger partial charge in [-0.2, -0.15) is 5.10 Å². The van der Waals surface area contributed by atoms with Crippen LogP contribution in [0.25, 0.3) is 0 Å². The van der Waals surface area contributed by atoms with Gasteiger partial charge in [-0.15, -0.1) is 0 Å². The van der Waals surface area contributed by atoms with Crippen LogP contribution < -0.4 is 0 Å². The quantitative estimate of drug-likeness (QED) is 0.764. The summed E-state index contributed by atoms with van der Waals surface area (Å²) in [5, 5.41) is 4.88. The average molecular weight is 332 g/mol. The van der Waals surface area contributed by atoms with E-state index in [0.29, 0.717) is 11.5 Å². The molecule has 4 rings (SSSR count). The number of hydrogen-bond acceptors (Lipinski definition) is 2. The molecule has 24 heavy (non-hydrogen) atoms. The topological polar surface area (TPSA) is 38.1 Å². The van der Waals surface area contributed by atoms with E-state index < -0.39 is 0 Å². The van der Waals surface area contributed by atoms with Gasteiger partial charge in [0, 0.05) is 37.7 Å². The first kappa shape index (κ1) is 17.5. The van der Waals surface area contributed by atoms with Gasteiger partial charge in [0.2, 0.25) is 5.91 Å². The van der Waals surface area contributed by atoms with Gasteiger partial charge in [0.25, 0.3) is 0 Å². The highest BCUT2D eigenvalue weighted by Crippen LogP contribution is 2.53. The number of nitrogens with zero attached hydrogens (tertiary/aromatic N) is 3. The summed E-state index contributed by atoms with van der Waals surface area (Å²) in [4.78, 5) is 13.6. The largest absolute Gasteiger partial charge is 0.338 e. The Morgan fingerprint density at radius 3 is 2.38 bits per heavy atom. The Morgan fingerprint density at radius 1 is 1.17 bits per heavy atom. The number of carbonyl (C=O) groups is 1. The summed E-state index contributed by atoms with van der Waals surface area (Å²) >= 11 is 0. The van der Waals surface area contributed by atoms with Gasteiger partial charge in [-0.05, 0) is 50.9 Å². The first-order chi connectivity index (χ1) is 11.6. The van der Waals surface area contributed by atoms with Crippen molar-refractivity contribution in [3.05, 3.63) is 17.0 Å². The van der Waals surface area contributed by atoms with Crippen molar-refractivity contribution in [2.75, 3.05) is 6.54 Å². The molecule has 2 saturated carbocycles. The normalized spacial score (nSPS) is 22.4. The van der Waals surface area contributed by atoms with Crippen LogP contribution in [-0.2, 0) is 17.8 Å². The zero-order chi connectivity index (χ0) is 17.3. The molecular formula is C20H33N3O. The summed E-state index contributed by atoms with van der Waals surface area (Å²) in [7, 11) is 0. The Labute approximate surface area is 146 Å². The van der Waals surface area contributed by atoms with Gasteiger partial charge in [0.15, 0.2) is 0 Å². The third-order valence-electron chi connectivity index (χ3n) is 6.51. The number of aryl methyl sites for hydroxylation is 1. The number of amides is 1. The van der Waals surface area contributed by atoms with Crippen molar-refractivity contribution in [1.82, 2.24) is 14.7 Å². The Balaban J connectivity index is 0.000000815. The summed E-state index contributed by atoms with van der Waals surface area (Å²) in [6.07, 6.45) is 10.7. The average Bonchev–Trinajstić information content (AvgIpc) is 2.92. The van der Waals surface area contributed by atoms with Crippen LogP contribution >= 0.6 is 0 Å². The Morgan fingerprint density at radius 2 is 1.83 bits per heavy atom. The van der Waals surface area contributed by atoms with E-state index >= 15 is 0 Å². The predicted molar refractivity (Wildman–Crippen MR) is 96.9 cm³/mol. The molecule has 0 radical (unpaired) electrons. The highest BCUT2D eigenvalue weighted by atomic mass is 16.2. The second-order valence-corrected chi connectivity index (χ2v) is 7.73. The number of rotatable bonds is 1. The predicted octanol–water partition coefficient (Wildman–Crippen LogP) is 4.41. The van der Waals surface area contributed by atoms with E-state index in [2.05, 4.69) is 11.6 Å². The Kier molecular flexibility index (Phi) is 5.03. The zero-order valence-electron chi connectivity index (χ0n) is 15.9. The fraction of sp³-hybridized carbons (Fsp3) is 0.800. The number of hydrogen-bond donors (Lipinski definition) is 0. The van der Waals surface area contributed by atoms with E-state index in [4.69, 9.17) is 5.10 Å². The highest BCUT2D eigenvalue weighted by Gasteiger charge is 2.41. The molecule has 4 nitrogen and oxygen atoms in total. The van der Waals surface area contributed by atoms with Crippen LogP contribution in [0.4, 0.5) is 0 Å². The lowest BCUT2D eigenvalue weighted by atomic mass is 9.60. The van der Waals surface area contributed by atoms with Crippen LogP contribution in [-0.4, -0.2) is 27.1 Å². The van der Waals surface area contributed by atoms with Crippen LogP contribution in [0.15, 0.2) is 0 Å². The van der Waals surface area contributed by atoms with Crippen LogP contribution in [0.2, 0.25) is 0 Å². The molecule has 4 heteroatoms. The molecule has 1 aromatic rings. The van der Waals surface area contributed by atoms with Gasteiger partial charge >= 0.3 is 0 Å². The number of carbonyl (C=O) groups excluding carboxylic acids is 1. The first-order valence-corrected chi connectivity index (χ1v) is 9.90. The monoisotopic (exact) mass is 331 g/mol. The minimum Gasteiger partial charge on any atom is -0.338 e. The van der Waals surface area contributed by atoms with Crippen LogP contribution in [0, 0.1) is 12.3 Å². The molecule has 1 spiro atoms. The van der Waals surface area contributed by atoms with Crippen molar-refractivity contribution in [3.63, 3.8) is 0 Å². The molecule has 0 N–H and O–H groups in total. The maximum atomic E-state index is 11.6. The first-order valence-electron chi connectivity index (χ1n) is 9.90. The van der Waals surface area contributed by atoms with E-state index in [1.54, 1.807) is 6.92 Å². The summed E-state index contributed by atoms with van der Waals surface area (Å²) in [6.45, 7) is 9.39. The lowest BCUT2D eigenvalue weighted by Crippen LogP contribution is -2.37. The van der Waals surface area contributed by atoms with E-state index in [0.717, 1.165) is 25.2 Å². The molecule has 1 aromatic heterocycles. The zero-order valence-corrected chi connectivity index (χ0v) is 15.9. The lowest BCUT2D eigenvalue weighted by molar-refractivity contribution is -0.129. The van der Waals surface area contributed by atoms with Crippen molar-refractivity contribution < 1.29 is 4.79 Å². The molecule has 2 heterocycles. The van der Waals surface area contributed by atoms with E-state index in [1.807, 2.05) is 18.7 Å². The van der Waals surface area contributed by atoms with Gasteiger partial charge in [-0.3, -0.25) is 9.48 Å². The van der Waals surface area contributed by atoms with Crippen molar-refractivity contribution >= 4 is 5.91 Å². The van der Waals surface area contributed by atoms with E-state index in [1.165, 1.54) is 56.2 Å². The van der Waals surface area contributed by atoms with E-state index in [9.17, 15) is 4.79 Å². The van der Waals surface area contributed by atoms with Gasteiger partial charge in [0.05, 0.1) is 11.7 Å². The minimum absolute atomic E-state index is 0.183. The lowest BCUT2D eigenvalue weighted by Gasteiger charge is -2.47. The van der Waals surface area contributed by atoms with E-state index in [-0.39, 0.29) is 5.91 Å². The molecule has 2 fully saturated rings. The molecular weight excluding hydrogens is 298 g/mol. The van der Waals surface area contributed by atoms with Crippen LogP contribution in [0.3, 0.4) is 0 Å². The number of aromatic nitrogens is 2. The summed E-state index contributed by atoms with van der Waals surface area (Å²) in [5.41, 5.74) is 4.56. The second kappa shape index (κ2) is 6.89. The van der Waals surface area contributed by atoms with Gasteiger partial charge in [0.1, 0.15) is 0 Å². The van der Waals surface area contributed by atoms with Crippen LogP contribution in [0.5, 0.6) is 0 Å². The summed E-state index contributed by atoms with van der Waals surface area (Å²) in [6, 6.07) is 0.595. The molecule has 1 aliphatic heterocycles. The molecule has 0 saturated heterocycles. The third-order valence-corrected chi connectivity index (χ3v) is 6.51. The molecule has 0 unspecified atom stereocenters. The smallest absolute Gasteiger partial charge is 0.219 e. The van der Waals surface area contributed by atoms with Crippen molar-refractivity contribution in [1.29, 1.82) is 0 Å². The molecule has 0 bridgehead atoms. The van der Waals surface area contributed by atoms with Gasteiger partial charge in [-0.25, -0.2) is 0 Å². The second-order valence-electron chi connectivity index (χ2n) is 7.73. The van der Waals surface area contributed by atoms with Crippen molar-refractivity contribution in [3.8, 4) is 0 Å².